The van der Waals surface area contributed by atoms with Crippen molar-refractivity contribution in [2.24, 2.45) is 5.92 Å². The first-order chi connectivity index (χ1) is 15.1. The summed E-state index contributed by atoms with van der Waals surface area (Å²) in [6.07, 6.45) is 4.32. The molecule has 4 rings (SSSR count). The van der Waals surface area contributed by atoms with Crippen LogP contribution in [0.2, 0.25) is 0 Å². The Morgan fingerprint density at radius 2 is 1.97 bits per heavy atom. The van der Waals surface area contributed by atoms with Crippen molar-refractivity contribution < 1.29 is 14.0 Å². The minimum atomic E-state index is -0.372. The fraction of sp³-hybridized carbons (Fsp3) is 0.208. The van der Waals surface area contributed by atoms with Crippen LogP contribution < -0.4 is 5.32 Å². The predicted octanol–water partition coefficient (Wildman–Crippen LogP) is 4.84. The average molecular weight is 436 g/mol. The number of anilines is 1. The van der Waals surface area contributed by atoms with E-state index < -0.39 is 0 Å². The molecule has 1 N–H and O–H groups in total. The number of aromatic nitrogens is 1. The van der Waals surface area contributed by atoms with Crippen LogP contribution in [0.1, 0.15) is 18.4 Å². The molecule has 0 unspecified atom stereocenters. The average Bonchev–Trinajstić information content (AvgIpc) is 3.34. The topological polar surface area (TPSA) is 62.3 Å². The number of nitrogens with one attached hydrogen (secondary N) is 1. The Balaban J connectivity index is 1.35. The van der Waals surface area contributed by atoms with Crippen LogP contribution in [0.5, 0.6) is 0 Å². The maximum Gasteiger partial charge on any atom is 0.246 e. The van der Waals surface area contributed by atoms with Gasteiger partial charge >= 0.3 is 0 Å². The monoisotopic (exact) mass is 435 g/mol. The molecule has 1 atom stereocenters. The van der Waals surface area contributed by atoms with Gasteiger partial charge in [0.15, 0.2) is 0 Å². The van der Waals surface area contributed by atoms with Gasteiger partial charge in [-0.1, -0.05) is 30.3 Å². The van der Waals surface area contributed by atoms with Crippen molar-refractivity contribution in [3.8, 4) is 11.3 Å². The third-order valence-corrected chi connectivity index (χ3v) is 5.88. The van der Waals surface area contributed by atoms with Crippen LogP contribution in [0, 0.1) is 11.7 Å². The second-order valence-corrected chi connectivity index (χ2v) is 8.14. The second kappa shape index (κ2) is 9.66. The van der Waals surface area contributed by atoms with E-state index in [2.05, 4.69) is 10.3 Å². The van der Waals surface area contributed by atoms with Gasteiger partial charge in [-0.2, -0.15) is 0 Å². The molecule has 2 aromatic carbocycles. The van der Waals surface area contributed by atoms with Crippen molar-refractivity contribution in [1.29, 1.82) is 0 Å². The number of carbonyl (C=O) groups excluding carboxylic acids is 2. The quantitative estimate of drug-likeness (QED) is 0.584. The van der Waals surface area contributed by atoms with E-state index >= 15 is 0 Å². The number of hydrogen-bond acceptors (Lipinski definition) is 4. The lowest BCUT2D eigenvalue weighted by Crippen LogP contribution is -2.43. The van der Waals surface area contributed by atoms with Crippen LogP contribution in [0.15, 0.2) is 65.5 Å². The zero-order valence-corrected chi connectivity index (χ0v) is 17.6. The molecule has 5 nitrogen and oxygen atoms in total. The van der Waals surface area contributed by atoms with Gasteiger partial charge in [0.25, 0.3) is 0 Å². The first-order valence-electron chi connectivity index (χ1n) is 10.1. The Hall–Kier alpha value is -3.32. The summed E-state index contributed by atoms with van der Waals surface area (Å²) in [6, 6.07) is 13.9. The molecule has 0 radical (unpaired) electrons. The van der Waals surface area contributed by atoms with E-state index in [-0.39, 0.29) is 23.5 Å². The summed E-state index contributed by atoms with van der Waals surface area (Å²) in [6.45, 7) is 0.940. The molecule has 1 fully saturated rings. The number of rotatable bonds is 5. The number of hydrogen-bond donors (Lipinski definition) is 1. The first-order valence-corrected chi connectivity index (χ1v) is 11.1. The molecule has 7 heteroatoms. The smallest absolute Gasteiger partial charge is 0.246 e. The van der Waals surface area contributed by atoms with Gasteiger partial charge in [0.05, 0.1) is 17.1 Å². The van der Waals surface area contributed by atoms with Crippen molar-refractivity contribution >= 4 is 34.9 Å². The Labute approximate surface area is 184 Å². The van der Waals surface area contributed by atoms with Crippen LogP contribution >= 0.6 is 11.3 Å². The SMILES string of the molecule is O=C(Nc1ccc(-c2cscn2)cc1)[C@H]1CCCN(C(=O)/C=C/c2ccccc2F)C1. The largest absolute Gasteiger partial charge is 0.338 e. The number of likely N-dealkylation sites (tertiary alicyclic amines) is 1. The summed E-state index contributed by atoms with van der Waals surface area (Å²) in [7, 11) is 0. The molecule has 0 aliphatic carbocycles. The van der Waals surface area contributed by atoms with E-state index in [1.54, 1.807) is 28.6 Å². The maximum atomic E-state index is 13.7. The highest BCUT2D eigenvalue weighted by atomic mass is 32.1. The third kappa shape index (κ3) is 5.24. The Morgan fingerprint density at radius 1 is 1.16 bits per heavy atom. The van der Waals surface area contributed by atoms with Gasteiger partial charge in [0.2, 0.25) is 11.8 Å². The van der Waals surface area contributed by atoms with Crippen molar-refractivity contribution in [1.82, 2.24) is 9.88 Å². The standard InChI is InChI=1S/C24H22FN3O2S/c25-21-6-2-1-4-17(21)9-12-23(29)28-13-3-5-19(14-28)24(30)27-20-10-7-18(8-11-20)22-15-31-16-26-22/h1-2,4,6-12,15-16,19H,3,5,13-14H2,(H,27,30)/b12-9+/t19-/m0/s1. The summed E-state index contributed by atoms with van der Waals surface area (Å²) in [5, 5.41) is 4.92. The van der Waals surface area contributed by atoms with Gasteiger partial charge in [0, 0.05) is 41.4 Å². The minimum Gasteiger partial charge on any atom is -0.338 e. The van der Waals surface area contributed by atoms with Crippen molar-refractivity contribution in [3.63, 3.8) is 0 Å². The molecule has 2 amide bonds. The van der Waals surface area contributed by atoms with Gasteiger partial charge in [0.1, 0.15) is 5.82 Å². The lowest BCUT2D eigenvalue weighted by atomic mass is 9.96. The molecular weight excluding hydrogens is 413 g/mol. The third-order valence-electron chi connectivity index (χ3n) is 5.30. The lowest BCUT2D eigenvalue weighted by molar-refractivity contribution is -0.130. The van der Waals surface area contributed by atoms with E-state index in [0.717, 1.165) is 24.1 Å². The maximum absolute atomic E-state index is 13.7. The minimum absolute atomic E-state index is 0.100. The summed E-state index contributed by atoms with van der Waals surface area (Å²) < 4.78 is 13.7. The first kappa shape index (κ1) is 20.9. The number of halogens is 1. The fourth-order valence-electron chi connectivity index (χ4n) is 3.59. The molecule has 1 saturated heterocycles. The van der Waals surface area contributed by atoms with Crippen LogP contribution in [-0.4, -0.2) is 34.8 Å². The van der Waals surface area contributed by atoms with Gasteiger partial charge in [-0.15, -0.1) is 11.3 Å². The number of piperidine rings is 1. The van der Waals surface area contributed by atoms with Crippen molar-refractivity contribution in [3.05, 3.63) is 76.9 Å². The number of carbonyl (C=O) groups is 2. The summed E-state index contributed by atoms with van der Waals surface area (Å²) in [5.74, 6) is -0.966. The van der Waals surface area contributed by atoms with Gasteiger partial charge in [-0.25, -0.2) is 9.37 Å². The Bertz CT molecular complexity index is 1080. The molecule has 1 aromatic heterocycles. The molecule has 0 spiro atoms. The summed E-state index contributed by atoms with van der Waals surface area (Å²) >= 11 is 1.54. The molecule has 31 heavy (non-hydrogen) atoms. The second-order valence-electron chi connectivity index (χ2n) is 7.42. The molecule has 3 aromatic rings. The van der Waals surface area contributed by atoms with Gasteiger partial charge in [-0.05, 0) is 37.1 Å². The molecule has 158 valence electrons. The van der Waals surface area contributed by atoms with Crippen LogP contribution in [0.3, 0.4) is 0 Å². The van der Waals surface area contributed by atoms with E-state index in [4.69, 9.17) is 0 Å². The zero-order chi connectivity index (χ0) is 21.6. The molecule has 1 aliphatic rings. The van der Waals surface area contributed by atoms with Crippen molar-refractivity contribution in [2.45, 2.75) is 12.8 Å². The normalized spacial score (nSPS) is 16.4. The van der Waals surface area contributed by atoms with Gasteiger partial charge in [-0.3, -0.25) is 9.59 Å². The molecule has 1 aliphatic heterocycles. The molecule has 2 heterocycles. The summed E-state index contributed by atoms with van der Waals surface area (Å²) in [4.78, 5) is 31.2. The number of thiazole rings is 1. The fourth-order valence-corrected chi connectivity index (χ4v) is 4.15. The Morgan fingerprint density at radius 3 is 2.71 bits per heavy atom. The zero-order valence-electron chi connectivity index (χ0n) is 16.8. The number of amides is 2. The lowest BCUT2D eigenvalue weighted by Gasteiger charge is -2.31. The highest BCUT2D eigenvalue weighted by Crippen LogP contribution is 2.23. The van der Waals surface area contributed by atoms with E-state index in [9.17, 15) is 14.0 Å². The van der Waals surface area contributed by atoms with Gasteiger partial charge < -0.3 is 10.2 Å². The molecular formula is C24H22FN3O2S. The Kier molecular flexibility index (Phi) is 6.52. The number of nitrogens with zero attached hydrogens (tertiary/aromatic N) is 2. The highest BCUT2D eigenvalue weighted by molar-refractivity contribution is 7.07. The highest BCUT2D eigenvalue weighted by Gasteiger charge is 2.27. The number of benzene rings is 2. The van der Waals surface area contributed by atoms with Crippen LogP contribution in [-0.2, 0) is 9.59 Å². The van der Waals surface area contributed by atoms with E-state index in [0.29, 0.717) is 24.3 Å². The summed E-state index contributed by atoms with van der Waals surface area (Å²) in [5.41, 5.74) is 4.77. The van der Waals surface area contributed by atoms with E-state index in [1.807, 2.05) is 29.6 Å². The van der Waals surface area contributed by atoms with Crippen molar-refractivity contribution in [2.75, 3.05) is 18.4 Å². The predicted molar refractivity (Wildman–Crippen MR) is 121 cm³/mol. The van der Waals surface area contributed by atoms with E-state index in [1.165, 1.54) is 29.6 Å². The van der Waals surface area contributed by atoms with Crippen LogP contribution in [0.4, 0.5) is 10.1 Å². The molecule has 0 saturated carbocycles. The van der Waals surface area contributed by atoms with Crippen LogP contribution in [0.25, 0.3) is 17.3 Å². The molecule has 0 bridgehead atoms.